The van der Waals surface area contributed by atoms with Crippen molar-refractivity contribution in [2.24, 2.45) is 0 Å². The number of hydrogen-bond acceptors (Lipinski definition) is 2. The monoisotopic (exact) mass is 165 g/mol. The van der Waals surface area contributed by atoms with E-state index in [4.69, 9.17) is 4.74 Å². The van der Waals surface area contributed by atoms with E-state index in [9.17, 15) is 5.11 Å². The second-order valence-corrected chi connectivity index (χ2v) is 2.62. The zero-order chi connectivity index (χ0) is 8.97. The number of benzene rings is 1. The fourth-order valence-corrected chi connectivity index (χ4v) is 1.08. The van der Waals surface area contributed by atoms with Crippen molar-refractivity contribution in [3.8, 4) is 11.5 Å². The fourth-order valence-electron chi connectivity index (χ4n) is 1.08. The summed E-state index contributed by atoms with van der Waals surface area (Å²) in [7, 11) is 1.55. The second kappa shape index (κ2) is 4.00. The highest BCUT2D eigenvalue weighted by Gasteiger charge is 2.00. The molecule has 1 radical (unpaired) electrons. The van der Waals surface area contributed by atoms with Crippen LogP contribution in [0.25, 0.3) is 0 Å². The number of phenolic OH excluding ortho intramolecular Hbond substituents is 1. The van der Waals surface area contributed by atoms with Crippen LogP contribution in [0.1, 0.15) is 12.5 Å². The number of ether oxygens (including phenoxy) is 1. The predicted molar refractivity (Wildman–Crippen MR) is 48.3 cm³/mol. The molecule has 0 aliphatic rings. The maximum absolute atomic E-state index is 9.27. The summed E-state index contributed by atoms with van der Waals surface area (Å²) in [6.07, 6.45) is 2.96. The Bertz CT molecular complexity index is 256. The van der Waals surface area contributed by atoms with Crippen LogP contribution < -0.4 is 4.74 Å². The fraction of sp³-hybridized carbons (Fsp3) is 0.300. The van der Waals surface area contributed by atoms with Crippen molar-refractivity contribution in [2.45, 2.75) is 13.3 Å². The van der Waals surface area contributed by atoms with Crippen LogP contribution in [0, 0.1) is 6.42 Å². The Hall–Kier alpha value is -1.18. The van der Waals surface area contributed by atoms with Crippen LogP contribution in [-0.2, 0) is 6.42 Å². The SMILES string of the molecule is C[CH]Cc1ccc(O)c(OC)c1. The van der Waals surface area contributed by atoms with Gasteiger partial charge in [-0.15, -0.1) is 0 Å². The molecule has 0 heterocycles. The summed E-state index contributed by atoms with van der Waals surface area (Å²) < 4.78 is 4.97. The predicted octanol–water partition coefficient (Wildman–Crippen LogP) is 2.17. The summed E-state index contributed by atoms with van der Waals surface area (Å²) in [5.41, 5.74) is 1.15. The Morgan fingerprint density at radius 1 is 1.50 bits per heavy atom. The molecule has 2 nitrogen and oxygen atoms in total. The van der Waals surface area contributed by atoms with Crippen molar-refractivity contribution < 1.29 is 9.84 Å². The topological polar surface area (TPSA) is 29.5 Å². The lowest BCUT2D eigenvalue weighted by Gasteiger charge is -2.04. The van der Waals surface area contributed by atoms with Gasteiger partial charge in [0, 0.05) is 0 Å². The van der Waals surface area contributed by atoms with Gasteiger partial charge in [0.2, 0.25) is 0 Å². The summed E-state index contributed by atoms with van der Waals surface area (Å²) in [5.74, 6) is 0.728. The van der Waals surface area contributed by atoms with Gasteiger partial charge >= 0.3 is 0 Å². The molecule has 0 fully saturated rings. The van der Waals surface area contributed by atoms with Crippen molar-refractivity contribution >= 4 is 0 Å². The molecular formula is C10H13O2. The van der Waals surface area contributed by atoms with Crippen molar-refractivity contribution in [3.05, 3.63) is 30.2 Å². The minimum Gasteiger partial charge on any atom is -0.504 e. The molecule has 0 aliphatic carbocycles. The molecule has 0 bridgehead atoms. The third kappa shape index (κ3) is 1.91. The highest BCUT2D eigenvalue weighted by molar-refractivity contribution is 5.41. The Morgan fingerprint density at radius 2 is 2.25 bits per heavy atom. The Kier molecular flexibility index (Phi) is 2.97. The van der Waals surface area contributed by atoms with E-state index in [0.29, 0.717) is 5.75 Å². The van der Waals surface area contributed by atoms with Gasteiger partial charge in [0.1, 0.15) is 0 Å². The molecule has 0 aliphatic heterocycles. The molecule has 1 rings (SSSR count). The van der Waals surface area contributed by atoms with Gasteiger partial charge in [-0.25, -0.2) is 0 Å². The first-order chi connectivity index (χ1) is 5.77. The zero-order valence-corrected chi connectivity index (χ0v) is 7.37. The molecule has 0 spiro atoms. The molecule has 0 amide bonds. The maximum Gasteiger partial charge on any atom is 0.160 e. The summed E-state index contributed by atoms with van der Waals surface area (Å²) >= 11 is 0. The third-order valence-corrected chi connectivity index (χ3v) is 1.68. The summed E-state index contributed by atoms with van der Waals surface area (Å²) in [5, 5.41) is 9.27. The standard InChI is InChI=1S/C10H13O2/c1-3-4-8-5-6-9(11)10(7-8)12-2/h3,5-7,11H,4H2,1-2H3. The molecule has 1 N–H and O–H groups in total. The molecule has 1 aromatic rings. The number of methoxy groups -OCH3 is 1. The van der Waals surface area contributed by atoms with Crippen LogP contribution in [0.2, 0.25) is 0 Å². The number of hydrogen-bond donors (Lipinski definition) is 1. The first-order valence-electron chi connectivity index (χ1n) is 3.91. The van der Waals surface area contributed by atoms with E-state index in [1.165, 1.54) is 0 Å². The van der Waals surface area contributed by atoms with Crippen LogP contribution in [0.4, 0.5) is 0 Å². The second-order valence-electron chi connectivity index (χ2n) is 2.62. The molecule has 12 heavy (non-hydrogen) atoms. The largest absolute Gasteiger partial charge is 0.504 e. The summed E-state index contributed by atoms with van der Waals surface area (Å²) in [6.45, 7) is 2.00. The van der Waals surface area contributed by atoms with Gasteiger partial charge in [-0.05, 0) is 30.5 Å². The quantitative estimate of drug-likeness (QED) is 0.743. The molecule has 0 atom stereocenters. The molecule has 2 heteroatoms. The average Bonchev–Trinajstić information content (AvgIpc) is 2.09. The van der Waals surface area contributed by atoms with E-state index in [1.807, 2.05) is 19.1 Å². The number of rotatable bonds is 3. The van der Waals surface area contributed by atoms with Gasteiger partial charge < -0.3 is 9.84 Å². The molecule has 1 aromatic carbocycles. The summed E-state index contributed by atoms with van der Waals surface area (Å²) in [6, 6.07) is 5.38. The average molecular weight is 165 g/mol. The first-order valence-corrected chi connectivity index (χ1v) is 3.91. The van der Waals surface area contributed by atoms with Crippen LogP contribution in [0.15, 0.2) is 18.2 Å². The van der Waals surface area contributed by atoms with Crippen LogP contribution >= 0.6 is 0 Å². The van der Waals surface area contributed by atoms with Gasteiger partial charge in [-0.3, -0.25) is 0 Å². The third-order valence-electron chi connectivity index (χ3n) is 1.68. The van der Waals surface area contributed by atoms with E-state index in [1.54, 1.807) is 13.2 Å². The molecule has 0 aromatic heterocycles. The maximum atomic E-state index is 9.27. The van der Waals surface area contributed by atoms with Crippen molar-refractivity contribution in [1.82, 2.24) is 0 Å². The van der Waals surface area contributed by atoms with Crippen molar-refractivity contribution in [2.75, 3.05) is 7.11 Å². The Labute approximate surface area is 72.8 Å². The number of phenols is 1. The van der Waals surface area contributed by atoms with Gasteiger partial charge in [-0.1, -0.05) is 13.0 Å². The molecule has 0 unspecified atom stereocenters. The van der Waals surface area contributed by atoms with Gasteiger partial charge in [0.05, 0.1) is 7.11 Å². The molecule has 0 saturated carbocycles. The first kappa shape index (κ1) is 8.91. The van der Waals surface area contributed by atoms with Crippen LogP contribution in [0.3, 0.4) is 0 Å². The van der Waals surface area contributed by atoms with Gasteiger partial charge in [0.25, 0.3) is 0 Å². The van der Waals surface area contributed by atoms with Gasteiger partial charge in [0.15, 0.2) is 11.5 Å². The lowest BCUT2D eigenvalue weighted by molar-refractivity contribution is 0.373. The van der Waals surface area contributed by atoms with E-state index >= 15 is 0 Å². The van der Waals surface area contributed by atoms with Crippen LogP contribution in [-0.4, -0.2) is 12.2 Å². The Morgan fingerprint density at radius 3 is 2.83 bits per heavy atom. The normalized spacial score (nSPS) is 9.83. The minimum atomic E-state index is 0.192. The highest BCUT2D eigenvalue weighted by Crippen LogP contribution is 2.26. The van der Waals surface area contributed by atoms with E-state index < -0.39 is 0 Å². The molecule has 65 valence electrons. The minimum absolute atomic E-state index is 0.192. The smallest absolute Gasteiger partial charge is 0.160 e. The highest BCUT2D eigenvalue weighted by atomic mass is 16.5. The van der Waals surface area contributed by atoms with E-state index in [2.05, 4.69) is 6.42 Å². The summed E-state index contributed by atoms with van der Waals surface area (Å²) in [4.78, 5) is 0. The number of aromatic hydroxyl groups is 1. The lowest BCUT2D eigenvalue weighted by Crippen LogP contribution is -1.87. The van der Waals surface area contributed by atoms with E-state index in [-0.39, 0.29) is 5.75 Å². The lowest BCUT2D eigenvalue weighted by atomic mass is 10.1. The van der Waals surface area contributed by atoms with Crippen LogP contribution in [0.5, 0.6) is 11.5 Å². The van der Waals surface area contributed by atoms with Crippen molar-refractivity contribution in [3.63, 3.8) is 0 Å². The van der Waals surface area contributed by atoms with Crippen molar-refractivity contribution in [1.29, 1.82) is 0 Å². The van der Waals surface area contributed by atoms with E-state index in [0.717, 1.165) is 12.0 Å². The molecular weight excluding hydrogens is 152 g/mol. The Balaban J connectivity index is 2.89. The molecule has 0 saturated heterocycles. The zero-order valence-electron chi connectivity index (χ0n) is 7.37. The van der Waals surface area contributed by atoms with Gasteiger partial charge in [-0.2, -0.15) is 0 Å².